The van der Waals surface area contributed by atoms with Gasteiger partial charge in [0.25, 0.3) is 0 Å². The third kappa shape index (κ3) is 2.45. The Balaban J connectivity index is 1.79. The summed E-state index contributed by atoms with van der Waals surface area (Å²) in [5.41, 5.74) is 2.05. The topological polar surface area (TPSA) is 29.5 Å². The number of benzene rings is 1. The van der Waals surface area contributed by atoms with Crippen molar-refractivity contribution in [2.24, 2.45) is 5.92 Å². The molecule has 3 heteroatoms. The summed E-state index contributed by atoms with van der Waals surface area (Å²) in [6.07, 6.45) is 3.16. The third-order valence-electron chi connectivity index (χ3n) is 3.84. The molecule has 0 N–H and O–H groups in total. The van der Waals surface area contributed by atoms with Crippen molar-refractivity contribution in [2.75, 3.05) is 6.54 Å². The van der Waals surface area contributed by atoms with Crippen LogP contribution in [0, 0.1) is 5.92 Å². The summed E-state index contributed by atoms with van der Waals surface area (Å²) >= 11 is 0. The van der Waals surface area contributed by atoms with Gasteiger partial charge < -0.3 is 9.64 Å². The number of likely N-dealkylation sites (tertiary alicyclic amines) is 1. The van der Waals surface area contributed by atoms with Gasteiger partial charge >= 0.3 is 6.09 Å². The molecule has 0 radical (unpaired) electrons. The minimum Gasteiger partial charge on any atom is -0.444 e. The molecule has 2 atom stereocenters. The second kappa shape index (κ2) is 4.65. The van der Waals surface area contributed by atoms with Gasteiger partial charge in [0.1, 0.15) is 5.60 Å². The highest BCUT2D eigenvalue weighted by Gasteiger charge is 2.43. The molecule has 1 aromatic carbocycles. The Labute approximate surface area is 120 Å². The quantitative estimate of drug-likeness (QED) is 0.779. The first kappa shape index (κ1) is 13.2. The van der Waals surface area contributed by atoms with Crippen molar-refractivity contribution in [3.05, 3.63) is 42.0 Å². The Hall–Kier alpha value is -1.77. The van der Waals surface area contributed by atoms with Crippen LogP contribution in [0.15, 0.2) is 36.4 Å². The molecule has 0 aromatic heterocycles. The molecule has 1 aliphatic heterocycles. The maximum Gasteiger partial charge on any atom is 0.410 e. The third-order valence-corrected chi connectivity index (χ3v) is 3.84. The zero-order valence-corrected chi connectivity index (χ0v) is 12.3. The zero-order valence-electron chi connectivity index (χ0n) is 12.3. The molecule has 1 aromatic rings. The van der Waals surface area contributed by atoms with Gasteiger partial charge in [-0.25, -0.2) is 4.79 Å². The Morgan fingerprint density at radius 3 is 2.55 bits per heavy atom. The second-order valence-corrected chi connectivity index (χ2v) is 6.63. The lowest BCUT2D eigenvalue weighted by molar-refractivity contribution is 0.0253. The molecule has 0 spiro atoms. The fourth-order valence-electron chi connectivity index (χ4n) is 3.09. The second-order valence-electron chi connectivity index (χ2n) is 6.63. The Kier molecular flexibility index (Phi) is 3.08. The van der Waals surface area contributed by atoms with Gasteiger partial charge in [0.15, 0.2) is 0 Å². The van der Waals surface area contributed by atoms with E-state index in [9.17, 15) is 4.79 Å². The molecule has 1 aliphatic carbocycles. The summed E-state index contributed by atoms with van der Waals surface area (Å²) in [5, 5.41) is 0. The molecule has 0 unspecified atom stereocenters. The molecular formula is C17H21NO2. The van der Waals surface area contributed by atoms with E-state index in [-0.39, 0.29) is 12.1 Å². The number of carbonyl (C=O) groups is 1. The number of ether oxygens (including phenoxy) is 1. The van der Waals surface area contributed by atoms with Crippen molar-refractivity contribution in [3.8, 4) is 0 Å². The zero-order chi connectivity index (χ0) is 14.3. The number of carbonyl (C=O) groups excluding carboxylic acids is 1. The highest BCUT2D eigenvalue weighted by Crippen LogP contribution is 2.42. The minimum atomic E-state index is -0.435. The van der Waals surface area contributed by atoms with Crippen LogP contribution in [-0.2, 0) is 4.74 Å². The van der Waals surface area contributed by atoms with E-state index in [1.165, 1.54) is 11.1 Å². The first-order chi connectivity index (χ1) is 9.44. The van der Waals surface area contributed by atoms with Crippen LogP contribution in [0.4, 0.5) is 4.79 Å². The molecule has 106 valence electrons. The molecule has 3 rings (SSSR count). The van der Waals surface area contributed by atoms with Gasteiger partial charge in [-0.05, 0) is 44.2 Å². The highest BCUT2D eigenvalue weighted by atomic mass is 16.6. The van der Waals surface area contributed by atoms with Gasteiger partial charge in [-0.2, -0.15) is 0 Å². The van der Waals surface area contributed by atoms with Crippen LogP contribution >= 0.6 is 0 Å². The number of hydrogen-bond donors (Lipinski definition) is 0. The molecule has 1 fully saturated rings. The van der Waals surface area contributed by atoms with Crippen molar-refractivity contribution in [3.63, 3.8) is 0 Å². The number of rotatable bonds is 1. The Bertz CT molecular complexity index is 542. The maximum absolute atomic E-state index is 12.3. The lowest BCUT2D eigenvalue weighted by atomic mass is 10.0. The summed E-state index contributed by atoms with van der Waals surface area (Å²) in [7, 11) is 0. The van der Waals surface area contributed by atoms with Crippen LogP contribution in [0.5, 0.6) is 0 Å². The fourth-order valence-corrected chi connectivity index (χ4v) is 3.09. The van der Waals surface area contributed by atoms with Crippen LogP contribution in [-0.4, -0.2) is 29.2 Å². The molecule has 20 heavy (non-hydrogen) atoms. The molecule has 1 heterocycles. The van der Waals surface area contributed by atoms with E-state index < -0.39 is 5.60 Å². The standard InChI is InChI=1S/C17H21NO2/c1-17(2,3)20-16(19)18-11-12-9-14(15(18)10-12)13-7-5-4-6-8-13/h4-9,12,15H,10-11H2,1-3H3/t12-,15-/m1/s1. The van der Waals surface area contributed by atoms with Crippen LogP contribution in [0.25, 0.3) is 5.57 Å². The van der Waals surface area contributed by atoms with E-state index in [0.717, 1.165) is 13.0 Å². The van der Waals surface area contributed by atoms with Gasteiger partial charge in [0.2, 0.25) is 0 Å². The van der Waals surface area contributed by atoms with Crippen LogP contribution < -0.4 is 0 Å². The Morgan fingerprint density at radius 2 is 1.95 bits per heavy atom. The number of hydrogen-bond acceptors (Lipinski definition) is 2. The van der Waals surface area contributed by atoms with E-state index in [2.05, 4.69) is 18.2 Å². The van der Waals surface area contributed by atoms with Crippen molar-refractivity contribution in [2.45, 2.75) is 38.8 Å². The van der Waals surface area contributed by atoms with Gasteiger partial charge in [0.05, 0.1) is 6.04 Å². The maximum atomic E-state index is 12.3. The predicted octanol–water partition coefficient (Wildman–Crippen LogP) is 3.71. The number of amides is 1. The molecule has 1 saturated heterocycles. The van der Waals surface area contributed by atoms with Crippen LogP contribution in [0.2, 0.25) is 0 Å². The summed E-state index contributed by atoms with van der Waals surface area (Å²) in [5.74, 6) is 0.475. The molecule has 2 bridgehead atoms. The summed E-state index contributed by atoms with van der Waals surface area (Å²) in [4.78, 5) is 14.2. The number of fused-ring (bicyclic) bond motifs is 2. The highest BCUT2D eigenvalue weighted by molar-refractivity contribution is 5.79. The number of nitrogens with zero attached hydrogens (tertiary/aromatic N) is 1. The minimum absolute atomic E-state index is 0.178. The largest absolute Gasteiger partial charge is 0.444 e. The van der Waals surface area contributed by atoms with Gasteiger partial charge in [-0.1, -0.05) is 36.4 Å². The van der Waals surface area contributed by atoms with Crippen molar-refractivity contribution in [1.29, 1.82) is 0 Å². The average molecular weight is 271 g/mol. The normalized spacial score (nSPS) is 24.8. The average Bonchev–Trinajstić information content (AvgIpc) is 2.97. The lowest BCUT2D eigenvalue weighted by Crippen LogP contribution is -2.41. The first-order valence-electron chi connectivity index (χ1n) is 7.21. The van der Waals surface area contributed by atoms with Crippen molar-refractivity contribution < 1.29 is 9.53 Å². The lowest BCUT2D eigenvalue weighted by Gasteiger charge is -2.31. The molecular weight excluding hydrogens is 250 g/mol. The van der Waals surface area contributed by atoms with Crippen molar-refractivity contribution in [1.82, 2.24) is 4.90 Å². The summed E-state index contributed by atoms with van der Waals surface area (Å²) in [6.45, 7) is 6.52. The molecule has 3 nitrogen and oxygen atoms in total. The summed E-state index contributed by atoms with van der Waals surface area (Å²) in [6, 6.07) is 10.5. The van der Waals surface area contributed by atoms with Crippen molar-refractivity contribution >= 4 is 11.7 Å². The van der Waals surface area contributed by atoms with Gasteiger partial charge in [-0.3, -0.25) is 0 Å². The van der Waals surface area contributed by atoms with E-state index in [1.54, 1.807) is 0 Å². The first-order valence-corrected chi connectivity index (χ1v) is 7.21. The summed E-state index contributed by atoms with van der Waals surface area (Å²) < 4.78 is 5.52. The van der Waals surface area contributed by atoms with E-state index in [0.29, 0.717) is 5.92 Å². The monoisotopic (exact) mass is 271 g/mol. The van der Waals surface area contributed by atoms with E-state index >= 15 is 0 Å². The predicted molar refractivity (Wildman–Crippen MR) is 79.3 cm³/mol. The smallest absolute Gasteiger partial charge is 0.410 e. The van der Waals surface area contributed by atoms with Gasteiger partial charge in [0, 0.05) is 6.54 Å². The van der Waals surface area contributed by atoms with Gasteiger partial charge in [-0.15, -0.1) is 0 Å². The van der Waals surface area contributed by atoms with E-state index in [4.69, 9.17) is 4.74 Å². The molecule has 0 saturated carbocycles. The van der Waals surface area contributed by atoms with Crippen LogP contribution in [0.3, 0.4) is 0 Å². The molecule has 2 aliphatic rings. The SMILES string of the molecule is CC(C)(C)OC(=O)N1C[C@@H]2C=C(c3ccccc3)[C@H]1C2. The Morgan fingerprint density at radius 1 is 1.25 bits per heavy atom. The van der Waals surface area contributed by atoms with E-state index in [1.807, 2.05) is 43.9 Å². The fraction of sp³-hybridized carbons (Fsp3) is 0.471. The molecule has 1 amide bonds. The van der Waals surface area contributed by atoms with Crippen LogP contribution in [0.1, 0.15) is 32.8 Å².